The molecule has 29 heavy (non-hydrogen) atoms. The van der Waals surface area contributed by atoms with Crippen molar-refractivity contribution < 1.29 is 28.6 Å². The Balaban J connectivity index is 2.46. The quantitative estimate of drug-likeness (QED) is 0.332. The lowest BCUT2D eigenvalue weighted by atomic mass is 10.0. The molecule has 1 aromatic carbocycles. The average molecular weight is 409 g/mol. The zero-order chi connectivity index (χ0) is 21.9. The Labute approximate surface area is 167 Å². The topological polar surface area (TPSA) is 109 Å². The third-order valence-corrected chi connectivity index (χ3v) is 4.98. The fourth-order valence-electron chi connectivity index (χ4n) is 3.41. The molecule has 1 heterocycles. The van der Waals surface area contributed by atoms with E-state index in [0.29, 0.717) is 24.1 Å². The number of aromatic nitrogens is 1. The smallest absolute Gasteiger partial charge is 0.265 e. The van der Waals surface area contributed by atoms with Crippen molar-refractivity contribution in [2.45, 2.75) is 32.9 Å². The van der Waals surface area contributed by atoms with Crippen LogP contribution in [0.1, 0.15) is 44.9 Å². The molecule has 0 aliphatic rings. The molecule has 7 nitrogen and oxygen atoms in total. The number of hydrogen-bond donors (Lipinski definition) is 3. The first-order valence-electron chi connectivity index (χ1n) is 9.12. The summed E-state index contributed by atoms with van der Waals surface area (Å²) in [6.45, 7) is 3.20. The maximum atomic E-state index is 13.7. The van der Waals surface area contributed by atoms with Crippen molar-refractivity contribution in [1.29, 1.82) is 0 Å². The lowest BCUT2D eigenvalue weighted by Crippen LogP contribution is -2.42. The summed E-state index contributed by atoms with van der Waals surface area (Å²) in [5.41, 5.74) is 6.58. The van der Waals surface area contributed by atoms with Crippen molar-refractivity contribution >= 4 is 17.4 Å². The maximum Gasteiger partial charge on any atom is 0.265 e. The van der Waals surface area contributed by atoms with Crippen LogP contribution in [0.25, 0.3) is 0 Å². The predicted molar refractivity (Wildman–Crippen MR) is 104 cm³/mol. The number of carbonyl (C=O) groups excluding carboxylic acids is 2. The average Bonchev–Trinajstić information content (AvgIpc) is 2.89. The molecule has 1 atom stereocenters. The van der Waals surface area contributed by atoms with E-state index in [4.69, 9.17) is 10.8 Å². The van der Waals surface area contributed by atoms with Gasteiger partial charge in [-0.2, -0.15) is 0 Å². The number of aliphatic hydroxyl groups excluding tert-OH is 2. The molecule has 1 amide bonds. The Kier molecular flexibility index (Phi) is 7.10. The van der Waals surface area contributed by atoms with Crippen LogP contribution in [-0.2, 0) is 7.05 Å². The number of benzene rings is 1. The fraction of sp³-hybridized carbons (Fsp3) is 0.400. The number of rotatable bonds is 9. The summed E-state index contributed by atoms with van der Waals surface area (Å²) in [4.78, 5) is 26.0. The number of ketones is 1. The van der Waals surface area contributed by atoms with Gasteiger partial charge in [-0.05, 0) is 44.4 Å². The molecule has 2 aromatic rings. The lowest BCUT2D eigenvalue weighted by Gasteiger charge is -2.29. The molecule has 1 aromatic heterocycles. The van der Waals surface area contributed by atoms with Gasteiger partial charge in [0, 0.05) is 43.2 Å². The number of nitrogens with zero attached hydrogens (tertiary/aromatic N) is 2. The third kappa shape index (κ3) is 4.46. The number of anilines is 1. The molecule has 9 heteroatoms. The highest BCUT2D eigenvalue weighted by molar-refractivity contribution is 6.06. The largest absolute Gasteiger partial charge is 0.396 e. The third-order valence-electron chi connectivity index (χ3n) is 4.98. The first-order chi connectivity index (χ1) is 13.6. The molecule has 0 spiro atoms. The van der Waals surface area contributed by atoms with Crippen molar-refractivity contribution in [3.8, 4) is 0 Å². The van der Waals surface area contributed by atoms with Crippen molar-refractivity contribution in [2.75, 3.05) is 18.1 Å². The van der Waals surface area contributed by atoms with E-state index in [0.717, 1.165) is 12.1 Å². The van der Waals surface area contributed by atoms with Gasteiger partial charge < -0.3 is 25.4 Å². The Bertz CT molecular complexity index is 927. The molecular formula is C20H25F2N3O4. The summed E-state index contributed by atoms with van der Waals surface area (Å²) < 4.78 is 28.5. The molecule has 0 saturated heterocycles. The van der Waals surface area contributed by atoms with Crippen LogP contribution in [-0.4, -0.2) is 45.9 Å². The summed E-state index contributed by atoms with van der Waals surface area (Å²) in [6.07, 6.45) is -0.908. The second-order valence-corrected chi connectivity index (χ2v) is 6.82. The number of carbonyl (C=O) groups is 2. The summed E-state index contributed by atoms with van der Waals surface area (Å²) in [7, 11) is 1.58. The van der Waals surface area contributed by atoms with Crippen LogP contribution in [0, 0.1) is 25.5 Å². The number of halogens is 2. The molecule has 0 aliphatic carbocycles. The molecule has 2 rings (SSSR count). The van der Waals surface area contributed by atoms with Gasteiger partial charge in [0.25, 0.3) is 5.91 Å². The fourth-order valence-corrected chi connectivity index (χ4v) is 3.41. The molecule has 4 N–H and O–H groups in total. The Morgan fingerprint density at radius 3 is 2.38 bits per heavy atom. The van der Waals surface area contributed by atoms with Gasteiger partial charge in [-0.1, -0.05) is 0 Å². The molecule has 0 bridgehead atoms. The molecule has 0 fully saturated rings. The van der Waals surface area contributed by atoms with Gasteiger partial charge in [0.05, 0.1) is 0 Å². The highest BCUT2D eigenvalue weighted by atomic mass is 19.2. The van der Waals surface area contributed by atoms with Crippen LogP contribution in [0.5, 0.6) is 0 Å². The summed E-state index contributed by atoms with van der Waals surface area (Å²) >= 11 is 0. The summed E-state index contributed by atoms with van der Waals surface area (Å²) in [5.74, 6) is -3.57. The van der Waals surface area contributed by atoms with Crippen LogP contribution in [0.3, 0.4) is 0 Å². The molecule has 0 aliphatic heterocycles. The van der Waals surface area contributed by atoms with E-state index < -0.39 is 29.6 Å². The SMILES string of the molecule is Cc1c(C(=O)C(O)N(CCCCO)c2ccc(F)c(F)c2)c(C)n(C)c1C(N)=O. The normalized spacial score (nSPS) is 12.1. The van der Waals surface area contributed by atoms with Crippen molar-refractivity contribution in [3.05, 3.63) is 52.3 Å². The number of amides is 1. The van der Waals surface area contributed by atoms with E-state index in [1.54, 1.807) is 20.9 Å². The van der Waals surface area contributed by atoms with Gasteiger partial charge >= 0.3 is 0 Å². The predicted octanol–water partition coefficient (Wildman–Crippen LogP) is 1.80. The van der Waals surface area contributed by atoms with Crippen molar-refractivity contribution in [3.63, 3.8) is 0 Å². The number of nitrogens with two attached hydrogens (primary N) is 1. The van der Waals surface area contributed by atoms with Gasteiger partial charge in [-0.15, -0.1) is 0 Å². The zero-order valence-corrected chi connectivity index (χ0v) is 16.6. The molecule has 0 radical (unpaired) electrons. The van der Waals surface area contributed by atoms with Crippen LogP contribution in [0.4, 0.5) is 14.5 Å². The van der Waals surface area contributed by atoms with E-state index >= 15 is 0 Å². The van der Waals surface area contributed by atoms with Gasteiger partial charge in [0.1, 0.15) is 5.69 Å². The Morgan fingerprint density at radius 1 is 1.21 bits per heavy atom. The van der Waals surface area contributed by atoms with E-state index in [9.17, 15) is 23.5 Å². The number of primary amides is 1. The molecular weight excluding hydrogens is 384 g/mol. The second-order valence-electron chi connectivity index (χ2n) is 6.82. The van der Waals surface area contributed by atoms with Crippen LogP contribution < -0.4 is 10.6 Å². The van der Waals surface area contributed by atoms with Crippen LogP contribution in [0.2, 0.25) is 0 Å². The van der Waals surface area contributed by atoms with Gasteiger partial charge in [-0.25, -0.2) is 8.78 Å². The zero-order valence-electron chi connectivity index (χ0n) is 16.6. The van der Waals surface area contributed by atoms with Crippen LogP contribution in [0.15, 0.2) is 18.2 Å². The summed E-state index contributed by atoms with van der Waals surface area (Å²) in [5, 5.41) is 19.8. The minimum absolute atomic E-state index is 0.0888. The van der Waals surface area contributed by atoms with Gasteiger partial charge in [0.15, 0.2) is 17.9 Å². The van der Waals surface area contributed by atoms with E-state index in [1.807, 2.05) is 0 Å². The highest BCUT2D eigenvalue weighted by Gasteiger charge is 2.31. The molecule has 0 saturated carbocycles. The molecule has 158 valence electrons. The minimum Gasteiger partial charge on any atom is -0.396 e. The number of hydrogen-bond acceptors (Lipinski definition) is 5. The minimum atomic E-state index is -1.71. The Morgan fingerprint density at radius 2 is 1.86 bits per heavy atom. The van der Waals surface area contributed by atoms with Gasteiger partial charge in [-0.3, -0.25) is 9.59 Å². The number of Topliss-reactive ketones (excluding diaryl/α,β-unsaturated/α-hetero) is 1. The van der Waals surface area contributed by atoms with Crippen molar-refractivity contribution in [1.82, 2.24) is 4.57 Å². The van der Waals surface area contributed by atoms with E-state index in [2.05, 4.69) is 0 Å². The van der Waals surface area contributed by atoms with Crippen molar-refractivity contribution in [2.24, 2.45) is 12.8 Å². The summed E-state index contributed by atoms with van der Waals surface area (Å²) in [6, 6.07) is 3.06. The van der Waals surface area contributed by atoms with Gasteiger partial charge in [0.2, 0.25) is 5.78 Å². The highest BCUT2D eigenvalue weighted by Crippen LogP contribution is 2.26. The van der Waals surface area contributed by atoms with E-state index in [-0.39, 0.29) is 30.1 Å². The van der Waals surface area contributed by atoms with E-state index in [1.165, 1.54) is 15.5 Å². The maximum absolute atomic E-state index is 13.7. The second kappa shape index (κ2) is 9.15. The number of aliphatic hydroxyl groups is 2. The molecule has 1 unspecified atom stereocenters. The standard InChI is InChI=1S/C20H25F2N3O4/c1-11-16(12(2)24(3)17(11)19(23)28)18(27)20(29)25(8-4-5-9-26)13-6-7-14(21)15(22)10-13/h6-7,10,20,26,29H,4-5,8-9H2,1-3H3,(H2,23,28). The lowest BCUT2D eigenvalue weighted by molar-refractivity contribution is 0.0736. The first-order valence-corrected chi connectivity index (χ1v) is 9.12. The number of unbranched alkanes of at least 4 members (excludes halogenated alkanes) is 1. The monoisotopic (exact) mass is 409 g/mol. The van der Waals surface area contributed by atoms with Crippen LogP contribution >= 0.6 is 0 Å². The Hall–Kier alpha value is -2.78. The first kappa shape index (κ1) is 22.5.